The van der Waals surface area contributed by atoms with Gasteiger partial charge in [0.1, 0.15) is 5.75 Å². The minimum absolute atomic E-state index is 0.0604. The Bertz CT molecular complexity index is 605. The first-order chi connectivity index (χ1) is 8.58. The van der Waals surface area contributed by atoms with Crippen molar-refractivity contribution in [1.29, 1.82) is 0 Å². The van der Waals surface area contributed by atoms with Crippen LogP contribution in [0.5, 0.6) is 5.75 Å². The average molecular weight is 284 g/mol. The lowest BCUT2D eigenvalue weighted by Crippen LogP contribution is -2.14. The average Bonchev–Trinajstić information content (AvgIpc) is 2.35. The van der Waals surface area contributed by atoms with Crippen LogP contribution in [0.3, 0.4) is 0 Å². The first-order valence-electron chi connectivity index (χ1n) is 4.84. The monoisotopic (exact) mass is 283 g/mol. The summed E-state index contributed by atoms with van der Waals surface area (Å²) in [5.74, 6) is -0.461. The number of phenolic OH excluding ortho intramolecular Hbond substituents is 1. The molecule has 92 valence electrons. The van der Waals surface area contributed by atoms with Gasteiger partial charge in [-0.3, -0.25) is 4.79 Å². The predicted molar refractivity (Wildman–Crippen MR) is 68.1 cm³/mol. The van der Waals surface area contributed by atoms with E-state index in [1.165, 1.54) is 30.6 Å². The van der Waals surface area contributed by atoms with Crippen LogP contribution in [0.4, 0.5) is 5.82 Å². The topological polar surface area (TPSA) is 75.1 Å². The van der Waals surface area contributed by atoms with E-state index in [0.717, 1.165) is 0 Å². The van der Waals surface area contributed by atoms with Crippen LogP contribution < -0.4 is 5.32 Å². The molecular formula is C11H7Cl2N3O2. The van der Waals surface area contributed by atoms with Crippen molar-refractivity contribution in [2.24, 2.45) is 0 Å². The fourth-order valence-electron chi connectivity index (χ4n) is 1.27. The highest BCUT2D eigenvalue weighted by molar-refractivity contribution is 6.35. The van der Waals surface area contributed by atoms with Crippen LogP contribution >= 0.6 is 23.2 Å². The molecule has 2 N–H and O–H groups in total. The van der Waals surface area contributed by atoms with Gasteiger partial charge in [-0.1, -0.05) is 23.2 Å². The van der Waals surface area contributed by atoms with Crippen LogP contribution in [0.2, 0.25) is 10.2 Å². The largest absolute Gasteiger partial charge is 0.508 e. The van der Waals surface area contributed by atoms with Gasteiger partial charge in [-0.05, 0) is 18.2 Å². The molecule has 5 nitrogen and oxygen atoms in total. The van der Waals surface area contributed by atoms with Crippen molar-refractivity contribution in [3.8, 4) is 5.75 Å². The Kier molecular flexibility index (Phi) is 3.64. The van der Waals surface area contributed by atoms with E-state index in [1.54, 1.807) is 0 Å². The van der Waals surface area contributed by atoms with E-state index in [-0.39, 0.29) is 27.3 Å². The Labute approximate surface area is 112 Å². The molecule has 0 fully saturated rings. The fraction of sp³-hybridized carbons (Fsp3) is 0. The van der Waals surface area contributed by atoms with Crippen LogP contribution in [0, 0.1) is 0 Å². The van der Waals surface area contributed by atoms with E-state index in [1.807, 2.05) is 0 Å². The number of carbonyl (C=O) groups excluding carboxylic acids is 1. The highest BCUT2D eigenvalue weighted by Gasteiger charge is 2.13. The van der Waals surface area contributed by atoms with Gasteiger partial charge in [-0.2, -0.15) is 0 Å². The molecule has 1 heterocycles. The number of hydrogen-bond donors (Lipinski definition) is 2. The zero-order chi connectivity index (χ0) is 13.1. The van der Waals surface area contributed by atoms with Crippen molar-refractivity contribution in [3.05, 3.63) is 46.3 Å². The van der Waals surface area contributed by atoms with Crippen LogP contribution in [0.1, 0.15) is 10.4 Å². The van der Waals surface area contributed by atoms with Crippen molar-refractivity contribution in [3.63, 3.8) is 0 Å². The molecule has 0 aliphatic heterocycles. The third-order valence-corrected chi connectivity index (χ3v) is 2.69. The normalized spacial score (nSPS) is 10.1. The minimum Gasteiger partial charge on any atom is -0.508 e. The molecule has 18 heavy (non-hydrogen) atoms. The van der Waals surface area contributed by atoms with E-state index >= 15 is 0 Å². The summed E-state index contributed by atoms with van der Waals surface area (Å²) in [6.07, 6.45) is 2.80. The second-order valence-corrected chi connectivity index (χ2v) is 4.08. The third-order valence-electron chi connectivity index (χ3n) is 2.08. The lowest BCUT2D eigenvalue weighted by molar-refractivity contribution is 0.102. The molecule has 2 aromatic rings. The molecule has 0 spiro atoms. The number of hydrogen-bond acceptors (Lipinski definition) is 4. The lowest BCUT2D eigenvalue weighted by atomic mass is 10.2. The zero-order valence-electron chi connectivity index (χ0n) is 8.89. The molecule has 1 aromatic carbocycles. The molecule has 0 aliphatic carbocycles. The van der Waals surface area contributed by atoms with Gasteiger partial charge in [0.05, 0.1) is 10.6 Å². The Hall–Kier alpha value is -1.85. The van der Waals surface area contributed by atoms with Crippen LogP contribution in [0.15, 0.2) is 30.6 Å². The molecule has 0 aliphatic rings. The van der Waals surface area contributed by atoms with Gasteiger partial charge in [-0.15, -0.1) is 0 Å². The Morgan fingerprint density at radius 3 is 2.67 bits per heavy atom. The van der Waals surface area contributed by atoms with Gasteiger partial charge in [0.15, 0.2) is 11.0 Å². The number of halogens is 2. The SMILES string of the molecule is O=C(Nc1nccnc1Cl)c1cc(O)ccc1Cl. The molecule has 0 radical (unpaired) electrons. The van der Waals surface area contributed by atoms with Crippen molar-refractivity contribution in [1.82, 2.24) is 9.97 Å². The molecule has 1 aromatic heterocycles. The number of nitrogens with zero attached hydrogens (tertiary/aromatic N) is 2. The third kappa shape index (κ3) is 2.69. The van der Waals surface area contributed by atoms with Gasteiger partial charge in [0.2, 0.25) is 0 Å². The Morgan fingerprint density at radius 1 is 1.22 bits per heavy atom. The molecule has 0 saturated heterocycles. The smallest absolute Gasteiger partial charge is 0.258 e. The maximum absolute atomic E-state index is 11.9. The summed E-state index contributed by atoms with van der Waals surface area (Å²) in [5, 5.41) is 12.1. The van der Waals surface area contributed by atoms with Crippen molar-refractivity contribution in [2.45, 2.75) is 0 Å². The molecule has 0 unspecified atom stereocenters. The van der Waals surface area contributed by atoms with Crippen LogP contribution in [0.25, 0.3) is 0 Å². The van der Waals surface area contributed by atoms with E-state index in [0.29, 0.717) is 0 Å². The molecular weight excluding hydrogens is 277 g/mol. The molecule has 0 bridgehead atoms. The zero-order valence-corrected chi connectivity index (χ0v) is 10.4. The van der Waals surface area contributed by atoms with E-state index < -0.39 is 5.91 Å². The van der Waals surface area contributed by atoms with Crippen molar-refractivity contribution >= 4 is 34.9 Å². The Morgan fingerprint density at radius 2 is 1.94 bits per heavy atom. The van der Waals surface area contributed by atoms with Gasteiger partial charge in [-0.25, -0.2) is 9.97 Å². The standard InChI is InChI=1S/C11H7Cl2N3O2/c12-8-2-1-6(17)5-7(8)11(18)16-10-9(13)14-3-4-15-10/h1-5,17H,(H,15,16,18). The quantitative estimate of drug-likeness (QED) is 0.889. The first-order valence-corrected chi connectivity index (χ1v) is 5.60. The number of nitrogens with one attached hydrogen (secondary N) is 1. The summed E-state index contributed by atoms with van der Waals surface area (Å²) in [5.41, 5.74) is 0.124. The minimum atomic E-state index is -0.529. The number of benzene rings is 1. The van der Waals surface area contributed by atoms with E-state index in [9.17, 15) is 9.90 Å². The second-order valence-electron chi connectivity index (χ2n) is 3.31. The Balaban J connectivity index is 2.28. The van der Waals surface area contributed by atoms with Crippen LogP contribution in [-0.2, 0) is 0 Å². The molecule has 7 heteroatoms. The highest BCUT2D eigenvalue weighted by Crippen LogP contribution is 2.23. The number of carbonyl (C=O) groups is 1. The fourth-order valence-corrected chi connectivity index (χ4v) is 1.62. The molecule has 0 atom stereocenters. The number of aromatic hydroxyl groups is 1. The number of aromatic nitrogens is 2. The van der Waals surface area contributed by atoms with Gasteiger partial charge < -0.3 is 10.4 Å². The van der Waals surface area contributed by atoms with Crippen LogP contribution in [-0.4, -0.2) is 21.0 Å². The van der Waals surface area contributed by atoms with Gasteiger partial charge in [0, 0.05) is 12.4 Å². The second kappa shape index (κ2) is 5.20. The summed E-state index contributed by atoms with van der Waals surface area (Å²) in [6, 6.07) is 4.06. The van der Waals surface area contributed by atoms with Gasteiger partial charge >= 0.3 is 0 Å². The number of rotatable bonds is 2. The maximum atomic E-state index is 11.9. The maximum Gasteiger partial charge on any atom is 0.258 e. The predicted octanol–water partition coefficient (Wildman–Crippen LogP) is 2.74. The van der Waals surface area contributed by atoms with Crippen molar-refractivity contribution in [2.75, 3.05) is 5.32 Å². The molecule has 0 saturated carbocycles. The van der Waals surface area contributed by atoms with Gasteiger partial charge in [0.25, 0.3) is 5.91 Å². The number of phenols is 1. The summed E-state index contributed by atoms with van der Waals surface area (Å²) in [7, 11) is 0. The van der Waals surface area contributed by atoms with Crippen molar-refractivity contribution < 1.29 is 9.90 Å². The van der Waals surface area contributed by atoms with E-state index in [4.69, 9.17) is 23.2 Å². The summed E-state index contributed by atoms with van der Waals surface area (Å²) in [4.78, 5) is 19.5. The first kappa shape index (κ1) is 12.6. The molecule has 1 amide bonds. The van der Waals surface area contributed by atoms with E-state index in [2.05, 4.69) is 15.3 Å². The summed E-state index contributed by atoms with van der Waals surface area (Å²) < 4.78 is 0. The molecule has 2 rings (SSSR count). The highest BCUT2D eigenvalue weighted by atomic mass is 35.5. The number of amides is 1. The lowest BCUT2D eigenvalue weighted by Gasteiger charge is -2.07. The summed E-state index contributed by atoms with van der Waals surface area (Å²) in [6.45, 7) is 0. The number of anilines is 1. The summed E-state index contributed by atoms with van der Waals surface area (Å²) >= 11 is 11.6.